The molecular weight excluding hydrogens is 232 g/mol. The second-order valence-electron chi connectivity index (χ2n) is 4.76. The van der Waals surface area contributed by atoms with Crippen LogP contribution < -0.4 is 0 Å². The summed E-state index contributed by atoms with van der Waals surface area (Å²) in [6, 6.07) is 0.595. The molecule has 1 aliphatic rings. The molecule has 1 N–H and O–H groups in total. The van der Waals surface area contributed by atoms with Crippen molar-refractivity contribution >= 4 is 11.8 Å². The lowest BCUT2D eigenvalue weighted by Gasteiger charge is -2.23. The zero-order valence-electron chi connectivity index (χ0n) is 10.8. The summed E-state index contributed by atoms with van der Waals surface area (Å²) in [5, 5.41) is 13.6. The third-order valence-corrected chi connectivity index (χ3v) is 4.65. The Kier molecular flexibility index (Phi) is 4.51. The maximum Gasteiger partial charge on any atom is 0.0628 e. The van der Waals surface area contributed by atoms with Gasteiger partial charge in [0.15, 0.2) is 0 Å². The van der Waals surface area contributed by atoms with Crippen LogP contribution in [0.2, 0.25) is 0 Å². The van der Waals surface area contributed by atoms with E-state index < -0.39 is 0 Å². The fourth-order valence-electron chi connectivity index (χ4n) is 2.60. The van der Waals surface area contributed by atoms with E-state index in [1.807, 2.05) is 11.8 Å². The Labute approximate surface area is 108 Å². The number of rotatable bonds is 4. The highest BCUT2D eigenvalue weighted by molar-refractivity contribution is 7.99. The first-order chi connectivity index (χ1) is 8.24. The Hall–Kier alpha value is -0.480. The van der Waals surface area contributed by atoms with Crippen molar-refractivity contribution in [3.63, 3.8) is 0 Å². The van der Waals surface area contributed by atoms with Gasteiger partial charge in [0.25, 0.3) is 0 Å². The number of thioether (sulfide) groups is 1. The van der Waals surface area contributed by atoms with Gasteiger partial charge in [-0.05, 0) is 56.6 Å². The number of aromatic nitrogens is 2. The molecule has 1 saturated heterocycles. The van der Waals surface area contributed by atoms with E-state index in [0.29, 0.717) is 6.04 Å². The van der Waals surface area contributed by atoms with Gasteiger partial charge in [0.2, 0.25) is 0 Å². The predicted molar refractivity (Wildman–Crippen MR) is 72.7 cm³/mol. The smallest absolute Gasteiger partial charge is 0.0628 e. The first-order valence-electron chi connectivity index (χ1n) is 6.47. The van der Waals surface area contributed by atoms with Crippen molar-refractivity contribution in [2.24, 2.45) is 0 Å². The van der Waals surface area contributed by atoms with Gasteiger partial charge in [-0.25, -0.2) is 0 Å². The molecule has 3 nitrogen and oxygen atoms in total. The van der Waals surface area contributed by atoms with E-state index >= 15 is 0 Å². The van der Waals surface area contributed by atoms with Crippen LogP contribution in [0.4, 0.5) is 0 Å². The molecule has 17 heavy (non-hydrogen) atoms. The Morgan fingerprint density at radius 2 is 2.06 bits per heavy atom. The fourth-order valence-corrected chi connectivity index (χ4v) is 3.68. The van der Waals surface area contributed by atoms with Crippen LogP contribution in [-0.2, 0) is 6.42 Å². The first kappa shape index (κ1) is 13.0. The summed E-state index contributed by atoms with van der Waals surface area (Å²) in [7, 11) is 0. The minimum absolute atomic E-state index is 0.268. The maximum absolute atomic E-state index is 8.93. The average molecular weight is 254 g/mol. The van der Waals surface area contributed by atoms with Crippen LogP contribution in [0.1, 0.15) is 42.3 Å². The molecule has 0 unspecified atom stereocenters. The lowest BCUT2D eigenvalue weighted by Crippen LogP contribution is -2.17. The highest BCUT2D eigenvalue weighted by Gasteiger charge is 2.20. The monoisotopic (exact) mass is 254 g/mol. The van der Waals surface area contributed by atoms with Crippen LogP contribution in [-0.4, -0.2) is 33.0 Å². The Bertz CT molecular complexity index is 370. The molecule has 96 valence electrons. The molecule has 1 aromatic heterocycles. The summed E-state index contributed by atoms with van der Waals surface area (Å²) in [6.07, 6.45) is 4.28. The Balaban J connectivity index is 2.17. The van der Waals surface area contributed by atoms with Crippen molar-refractivity contribution in [3.8, 4) is 0 Å². The van der Waals surface area contributed by atoms with E-state index in [-0.39, 0.29) is 6.61 Å². The van der Waals surface area contributed by atoms with Gasteiger partial charge in [0.05, 0.1) is 11.7 Å². The number of aliphatic hydroxyl groups excluding tert-OH is 1. The molecule has 1 aromatic rings. The molecule has 4 heteroatoms. The summed E-state index contributed by atoms with van der Waals surface area (Å²) in [5.41, 5.74) is 3.80. The minimum Gasteiger partial charge on any atom is -0.396 e. The molecule has 0 saturated carbocycles. The standard InChI is InChI=1S/C13H22N2OS/c1-10-13(4-3-7-16)11(2)15(14-10)12-5-8-17-9-6-12/h12,16H,3-9H2,1-2H3. The van der Waals surface area contributed by atoms with Crippen LogP contribution in [0.15, 0.2) is 0 Å². The van der Waals surface area contributed by atoms with Gasteiger partial charge in [0.1, 0.15) is 0 Å². The first-order valence-corrected chi connectivity index (χ1v) is 7.62. The molecule has 0 aliphatic carbocycles. The summed E-state index contributed by atoms with van der Waals surface area (Å²) in [5.74, 6) is 2.52. The second kappa shape index (κ2) is 5.91. The number of nitrogens with zero attached hydrogens (tertiary/aromatic N) is 2. The van der Waals surface area contributed by atoms with Crippen LogP contribution >= 0.6 is 11.8 Å². The third-order valence-electron chi connectivity index (χ3n) is 3.60. The van der Waals surface area contributed by atoms with Crippen LogP contribution in [0.3, 0.4) is 0 Å². The number of aryl methyl sites for hydroxylation is 1. The number of hydrogen-bond acceptors (Lipinski definition) is 3. The van der Waals surface area contributed by atoms with Crippen LogP contribution in [0, 0.1) is 13.8 Å². The van der Waals surface area contributed by atoms with E-state index in [1.54, 1.807) is 0 Å². The van der Waals surface area contributed by atoms with Crippen molar-refractivity contribution in [1.82, 2.24) is 9.78 Å². The van der Waals surface area contributed by atoms with Crippen LogP contribution in [0.5, 0.6) is 0 Å². The van der Waals surface area contributed by atoms with E-state index in [0.717, 1.165) is 18.5 Å². The molecule has 0 amide bonds. The van der Waals surface area contributed by atoms with Gasteiger partial charge in [-0.15, -0.1) is 0 Å². The zero-order chi connectivity index (χ0) is 12.3. The second-order valence-corrected chi connectivity index (χ2v) is 5.99. The molecule has 0 aromatic carbocycles. The maximum atomic E-state index is 8.93. The SMILES string of the molecule is Cc1nn(C2CCSCC2)c(C)c1CCCO. The average Bonchev–Trinajstić information content (AvgIpc) is 2.64. The van der Waals surface area contributed by atoms with Gasteiger partial charge in [0, 0.05) is 12.3 Å². The Morgan fingerprint density at radius 3 is 2.71 bits per heavy atom. The van der Waals surface area contributed by atoms with Crippen molar-refractivity contribution < 1.29 is 5.11 Å². The van der Waals surface area contributed by atoms with E-state index in [9.17, 15) is 0 Å². The number of hydrogen-bond donors (Lipinski definition) is 1. The van der Waals surface area contributed by atoms with Gasteiger partial charge < -0.3 is 5.11 Å². The topological polar surface area (TPSA) is 38.0 Å². The molecule has 1 aliphatic heterocycles. The quantitative estimate of drug-likeness (QED) is 0.897. The molecular formula is C13H22N2OS. The van der Waals surface area contributed by atoms with Crippen molar-refractivity contribution in [2.75, 3.05) is 18.1 Å². The summed E-state index contributed by atoms with van der Waals surface area (Å²) in [4.78, 5) is 0. The largest absolute Gasteiger partial charge is 0.396 e. The van der Waals surface area contributed by atoms with Crippen molar-refractivity contribution in [3.05, 3.63) is 17.0 Å². The summed E-state index contributed by atoms with van der Waals surface area (Å²) in [6.45, 7) is 4.53. The van der Waals surface area contributed by atoms with Crippen molar-refractivity contribution in [1.29, 1.82) is 0 Å². The Morgan fingerprint density at radius 1 is 1.35 bits per heavy atom. The van der Waals surface area contributed by atoms with Gasteiger partial charge in [-0.1, -0.05) is 0 Å². The molecule has 0 bridgehead atoms. The lowest BCUT2D eigenvalue weighted by molar-refractivity contribution is 0.288. The molecule has 0 atom stereocenters. The van der Waals surface area contributed by atoms with E-state index in [4.69, 9.17) is 10.2 Å². The molecule has 0 radical (unpaired) electrons. The van der Waals surface area contributed by atoms with Gasteiger partial charge in [-0.3, -0.25) is 4.68 Å². The summed E-state index contributed by atoms with van der Waals surface area (Å²) >= 11 is 2.05. The molecule has 2 heterocycles. The lowest BCUT2D eigenvalue weighted by atomic mass is 10.1. The zero-order valence-corrected chi connectivity index (χ0v) is 11.6. The third kappa shape index (κ3) is 2.86. The summed E-state index contributed by atoms with van der Waals surface area (Å²) < 4.78 is 2.24. The predicted octanol–water partition coefficient (Wildman–Crippen LogP) is 2.49. The highest BCUT2D eigenvalue weighted by Crippen LogP contribution is 2.29. The minimum atomic E-state index is 0.268. The van der Waals surface area contributed by atoms with Crippen LogP contribution in [0.25, 0.3) is 0 Å². The fraction of sp³-hybridized carbons (Fsp3) is 0.769. The van der Waals surface area contributed by atoms with Gasteiger partial charge in [-0.2, -0.15) is 16.9 Å². The molecule has 1 fully saturated rings. The molecule has 0 spiro atoms. The van der Waals surface area contributed by atoms with Crippen molar-refractivity contribution in [2.45, 2.75) is 45.6 Å². The van der Waals surface area contributed by atoms with E-state index in [2.05, 4.69) is 18.5 Å². The van der Waals surface area contributed by atoms with Gasteiger partial charge >= 0.3 is 0 Å². The highest BCUT2D eigenvalue weighted by atomic mass is 32.2. The normalized spacial score (nSPS) is 17.6. The number of aliphatic hydroxyl groups is 1. The molecule has 2 rings (SSSR count). The van der Waals surface area contributed by atoms with E-state index in [1.165, 1.54) is 35.6 Å².